The van der Waals surface area contributed by atoms with Crippen LogP contribution in [-0.4, -0.2) is 36.9 Å². The molecule has 1 aliphatic rings. The van der Waals surface area contributed by atoms with Crippen LogP contribution in [0.1, 0.15) is 19.8 Å². The zero-order chi connectivity index (χ0) is 7.61. The van der Waals surface area contributed by atoms with Gasteiger partial charge in [0.2, 0.25) is 0 Å². The summed E-state index contributed by atoms with van der Waals surface area (Å²) >= 11 is 0. The molecule has 0 aromatic carbocycles. The average molecular weight is 222 g/mol. The molecule has 66 valence electrons. The zero-order valence-corrected chi connectivity index (χ0v) is 8.85. The van der Waals surface area contributed by atoms with E-state index in [4.69, 9.17) is 0 Å². The van der Waals surface area contributed by atoms with Crippen LogP contribution >= 0.6 is 0 Å². The Bertz CT molecular complexity index is 137. The lowest BCUT2D eigenvalue weighted by atomic mass is 10.1. The molecule has 0 spiro atoms. The van der Waals surface area contributed by atoms with Crippen LogP contribution in [0.3, 0.4) is 0 Å². The van der Waals surface area contributed by atoms with Crippen LogP contribution in [0.15, 0.2) is 0 Å². The van der Waals surface area contributed by atoms with E-state index in [1.165, 1.54) is 0 Å². The Kier molecular flexibility index (Phi) is 4.26. The third kappa shape index (κ3) is 2.91. The van der Waals surface area contributed by atoms with Crippen molar-refractivity contribution in [3.8, 4) is 0 Å². The van der Waals surface area contributed by atoms with Gasteiger partial charge in [-0.3, -0.25) is 4.79 Å². The van der Waals surface area contributed by atoms with Gasteiger partial charge in [0, 0.05) is 0 Å². The number of hydrogen-bond donors (Lipinski definition) is 0. The van der Waals surface area contributed by atoms with Gasteiger partial charge in [0.15, 0.2) is 0 Å². The van der Waals surface area contributed by atoms with E-state index in [9.17, 15) is 4.79 Å². The topological polar surface area (TPSA) is 17.1 Å². The maximum Gasteiger partial charge on any atom is 0.144 e. The van der Waals surface area contributed by atoms with Gasteiger partial charge in [-0.2, -0.15) is 0 Å². The number of quaternary nitrogens is 1. The molecule has 0 radical (unpaired) electrons. The minimum atomic E-state index is 0. The third-order valence-electron chi connectivity index (χ3n) is 2.62. The summed E-state index contributed by atoms with van der Waals surface area (Å²) in [5, 5.41) is 0. The molecule has 0 N–H and O–H groups in total. The molecule has 0 aliphatic carbocycles. The fourth-order valence-electron chi connectivity index (χ4n) is 1.34. The minimum absolute atomic E-state index is 0. The van der Waals surface area contributed by atoms with Crippen LogP contribution in [0, 0.1) is 0 Å². The summed E-state index contributed by atoms with van der Waals surface area (Å²) in [6.45, 7) is 5.45. The molecule has 1 aliphatic heterocycles. The van der Waals surface area contributed by atoms with E-state index in [2.05, 4.69) is 14.0 Å². The van der Waals surface area contributed by atoms with Crippen LogP contribution in [0.25, 0.3) is 0 Å². The molecule has 0 unspecified atom stereocenters. The first kappa shape index (κ1) is 11.1. The minimum Gasteiger partial charge on any atom is -1.00 e. The number of hydrogen-bond acceptors (Lipinski definition) is 1. The molecule has 3 heteroatoms. The molecule has 1 fully saturated rings. The quantitative estimate of drug-likeness (QED) is 0.461. The second kappa shape index (κ2) is 4.21. The Labute approximate surface area is 78.9 Å². The van der Waals surface area contributed by atoms with E-state index in [1.54, 1.807) is 0 Å². The van der Waals surface area contributed by atoms with Gasteiger partial charge in [0.05, 0.1) is 39.5 Å². The Balaban J connectivity index is 0.000001000. The number of ketones is 1. The highest BCUT2D eigenvalue weighted by Gasteiger charge is 2.26. The van der Waals surface area contributed by atoms with Crippen LogP contribution in [-0.2, 0) is 4.79 Å². The van der Waals surface area contributed by atoms with Crippen LogP contribution in [0.5, 0.6) is 0 Å². The Morgan fingerprint density at radius 1 is 1.36 bits per heavy atom. The van der Waals surface area contributed by atoms with Gasteiger partial charge in [0.1, 0.15) is 5.78 Å². The molecule has 0 aromatic heterocycles. The molecular weight excluding hydrogens is 206 g/mol. The van der Waals surface area contributed by atoms with E-state index in [-0.39, 0.29) is 17.0 Å². The van der Waals surface area contributed by atoms with Crippen molar-refractivity contribution in [2.24, 2.45) is 0 Å². The first-order valence-corrected chi connectivity index (χ1v) is 4.01. The zero-order valence-electron chi connectivity index (χ0n) is 7.27. The van der Waals surface area contributed by atoms with Gasteiger partial charge in [-0.05, 0) is 6.92 Å². The van der Waals surface area contributed by atoms with Gasteiger partial charge < -0.3 is 21.5 Å². The standard InChI is InChI=1S/C8H16NO.BrH/c1-3-9(2)6-4-8(10)5-7-9;/h3-7H2,1-2H3;1H/q+1;/p-1. The second-order valence-corrected chi connectivity index (χ2v) is 3.42. The highest BCUT2D eigenvalue weighted by Crippen LogP contribution is 2.12. The second-order valence-electron chi connectivity index (χ2n) is 3.42. The van der Waals surface area contributed by atoms with E-state index in [1.807, 2.05) is 0 Å². The normalized spacial score (nSPS) is 22.5. The van der Waals surface area contributed by atoms with Crippen molar-refractivity contribution in [2.45, 2.75) is 19.8 Å². The largest absolute Gasteiger partial charge is 1.00 e. The van der Waals surface area contributed by atoms with Crippen molar-refractivity contribution < 1.29 is 26.3 Å². The summed E-state index contributed by atoms with van der Waals surface area (Å²) in [7, 11) is 2.23. The summed E-state index contributed by atoms with van der Waals surface area (Å²) < 4.78 is 1.09. The van der Waals surface area contributed by atoms with Gasteiger partial charge >= 0.3 is 0 Å². The molecule has 1 saturated heterocycles. The predicted molar refractivity (Wildman–Crippen MR) is 40.7 cm³/mol. The molecule has 2 nitrogen and oxygen atoms in total. The van der Waals surface area contributed by atoms with Crippen molar-refractivity contribution in [3.63, 3.8) is 0 Å². The van der Waals surface area contributed by atoms with E-state index in [0.717, 1.165) is 37.0 Å². The summed E-state index contributed by atoms with van der Waals surface area (Å²) in [5.74, 6) is 0.448. The monoisotopic (exact) mass is 221 g/mol. The first-order valence-electron chi connectivity index (χ1n) is 4.01. The van der Waals surface area contributed by atoms with Crippen molar-refractivity contribution in [2.75, 3.05) is 26.7 Å². The Morgan fingerprint density at radius 3 is 2.18 bits per heavy atom. The van der Waals surface area contributed by atoms with Crippen molar-refractivity contribution in [1.82, 2.24) is 0 Å². The predicted octanol–water partition coefficient (Wildman–Crippen LogP) is -2.18. The number of halogens is 1. The average Bonchev–Trinajstić information content (AvgIpc) is 1.96. The van der Waals surface area contributed by atoms with E-state index >= 15 is 0 Å². The number of likely N-dealkylation sites (tertiary alicyclic amines) is 1. The molecule has 0 amide bonds. The summed E-state index contributed by atoms with van der Waals surface area (Å²) in [4.78, 5) is 10.9. The Morgan fingerprint density at radius 2 is 1.82 bits per heavy atom. The fraction of sp³-hybridized carbons (Fsp3) is 0.875. The number of rotatable bonds is 1. The number of Topliss-reactive ketones (excluding diaryl/α,β-unsaturated/α-hetero) is 1. The molecule has 0 aromatic rings. The Hall–Kier alpha value is 0.110. The van der Waals surface area contributed by atoms with E-state index < -0.39 is 0 Å². The van der Waals surface area contributed by atoms with Gasteiger partial charge in [-0.25, -0.2) is 0 Å². The van der Waals surface area contributed by atoms with Crippen LogP contribution in [0.2, 0.25) is 0 Å². The number of nitrogens with zero attached hydrogens (tertiary/aromatic N) is 1. The highest BCUT2D eigenvalue weighted by molar-refractivity contribution is 5.78. The maximum absolute atomic E-state index is 10.9. The SMILES string of the molecule is CC[N+]1(C)CCC(=O)CC1.[Br-]. The summed E-state index contributed by atoms with van der Waals surface area (Å²) in [5.41, 5.74) is 0. The third-order valence-corrected chi connectivity index (χ3v) is 2.62. The number of piperidine rings is 1. The first-order chi connectivity index (χ1) is 4.66. The molecule has 0 atom stereocenters. The molecule has 1 heterocycles. The lowest BCUT2D eigenvalue weighted by molar-refractivity contribution is -0.909. The summed E-state index contributed by atoms with van der Waals surface area (Å²) in [6.07, 6.45) is 1.59. The highest BCUT2D eigenvalue weighted by atomic mass is 79.9. The smallest absolute Gasteiger partial charge is 0.144 e. The lowest BCUT2D eigenvalue weighted by Gasteiger charge is -2.36. The summed E-state index contributed by atoms with van der Waals surface area (Å²) in [6, 6.07) is 0. The fourth-order valence-corrected chi connectivity index (χ4v) is 1.34. The molecule has 1 rings (SSSR count). The van der Waals surface area contributed by atoms with Crippen molar-refractivity contribution in [1.29, 1.82) is 0 Å². The van der Waals surface area contributed by atoms with Crippen LogP contribution in [0.4, 0.5) is 0 Å². The molecule has 0 saturated carbocycles. The van der Waals surface area contributed by atoms with Gasteiger partial charge in [-0.15, -0.1) is 0 Å². The number of carbonyl (C=O) groups excluding carboxylic acids is 1. The van der Waals surface area contributed by atoms with E-state index in [0.29, 0.717) is 5.78 Å². The van der Waals surface area contributed by atoms with Crippen molar-refractivity contribution >= 4 is 5.78 Å². The molecular formula is C8H16BrNO. The van der Waals surface area contributed by atoms with Gasteiger partial charge in [0.25, 0.3) is 0 Å². The van der Waals surface area contributed by atoms with Crippen LogP contribution < -0.4 is 17.0 Å². The lowest BCUT2D eigenvalue weighted by Crippen LogP contribution is -3.00. The molecule has 11 heavy (non-hydrogen) atoms. The maximum atomic E-state index is 10.9. The molecule has 0 bridgehead atoms. The van der Waals surface area contributed by atoms with Gasteiger partial charge in [-0.1, -0.05) is 0 Å². The number of carbonyl (C=O) groups is 1. The van der Waals surface area contributed by atoms with Crippen molar-refractivity contribution in [3.05, 3.63) is 0 Å².